The molecule has 0 aliphatic heterocycles. The maximum Gasteiger partial charge on any atom is 0.320 e. The summed E-state index contributed by atoms with van der Waals surface area (Å²) in [6, 6.07) is -1.41. The van der Waals surface area contributed by atoms with E-state index in [0.717, 1.165) is 0 Å². The third-order valence-electron chi connectivity index (χ3n) is 2.19. The Morgan fingerprint density at radius 2 is 1.37 bits per heavy atom. The number of carbonyl (C=O) groups is 2. The molecule has 114 valence electrons. The minimum atomic E-state index is -0.921. The van der Waals surface area contributed by atoms with Gasteiger partial charge in [0.15, 0.2) is 0 Å². The fourth-order valence-corrected chi connectivity index (χ4v) is 1.36. The fraction of sp³-hybridized carbons (Fsp3) is 0.846. The van der Waals surface area contributed by atoms with Crippen LogP contribution in [0.1, 0.15) is 47.5 Å². The van der Waals surface area contributed by atoms with Crippen LogP contribution in [0.15, 0.2) is 0 Å². The summed E-state index contributed by atoms with van der Waals surface area (Å²) in [5.41, 5.74) is 10.5. The zero-order valence-electron chi connectivity index (χ0n) is 12.5. The van der Waals surface area contributed by atoms with Crippen molar-refractivity contribution in [3.05, 3.63) is 0 Å². The summed E-state index contributed by atoms with van der Waals surface area (Å²) in [5.74, 6) is -1.48. The molecule has 0 saturated heterocycles. The monoisotopic (exact) mass is 276 g/mol. The Bertz CT molecular complexity index is 285. The SMILES string of the molecule is CC(C)(C)C[C@H](N)C(=O)O.CC(C)C[C@H](N)C(=O)O. The van der Waals surface area contributed by atoms with Gasteiger partial charge in [0.05, 0.1) is 0 Å². The summed E-state index contributed by atoms with van der Waals surface area (Å²) < 4.78 is 0. The topological polar surface area (TPSA) is 127 Å². The molecule has 6 heteroatoms. The second-order valence-corrected chi connectivity index (χ2v) is 6.28. The Morgan fingerprint density at radius 1 is 1.00 bits per heavy atom. The van der Waals surface area contributed by atoms with Gasteiger partial charge in [-0.25, -0.2) is 0 Å². The highest BCUT2D eigenvalue weighted by atomic mass is 16.4. The second kappa shape index (κ2) is 8.87. The molecular formula is C13H28N2O4. The average molecular weight is 276 g/mol. The molecule has 0 saturated carbocycles. The van der Waals surface area contributed by atoms with Crippen molar-refractivity contribution >= 4 is 11.9 Å². The van der Waals surface area contributed by atoms with Gasteiger partial charge < -0.3 is 21.7 Å². The molecule has 0 aliphatic carbocycles. The van der Waals surface area contributed by atoms with E-state index in [2.05, 4.69) is 0 Å². The Morgan fingerprint density at radius 3 is 1.47 bits per heavy atom. The van der Waals surface area contributed by atoms with Gasteiger partial charge in [-0.2, -0.15) is 0 Å². The van der Waals surface area contributed by atoms with Gasteiger partial charge in [-0.05, 0) is 24.2 Å². The minimum Gasteiger partial charge on any atom is -0.480 e. The zero-order chi connectivity index (χ0) is 15.8. The summed E-state index contributed by atoms with van der Waals surface area (Å²) >= 11 is 0. The van der Waals surface area contributed by atoms with Crippen molar-refractivity contribution in [3.8, 4) is 0 Å². The fourth-order valence-electron chi connectivity index (χ4n) is 1.36. The van der Waals surface area contributed by atoms with Crippen molar-refractivity contribution in [3.63, 3.8) is 0 Å². The number of nitrogens with two attached hydrogens (primary N) is 2. The Balaban J connectivity index is 0. The Labute approximate surface area is 115 Å². The van der Waals surface area contributed by atoms with E-state index in [4.69, 9.17) is 21.7 Å². The summed E-state index contributed by atoms with van der Waals surface area (Å²) in [6.45, 7) is 9.80. The van der Waals surface area contributed by atoms with Crippen LogP contribution in [0.5, 0.6) is 0 Å². The summed E-state index contributed by atoms with van der Waals surface area (Å²) in [7, 11) is 0. The molecule has 0 bridgehead atoms. The van der Waals surface area contributed by atoms with Crippen LogP contribution in [0.4, 0.5) is 0 Å². The van der Waals surface area contributed by atoms with Crippen molar-refractivity contribution in [1.29, 1.82) is 0 Å². The standard InChI is InChI=1S/C7H15NO2.C6H13NO2/c1-7(2,3)4-5(8)6(9)10;1-4(2)3-5(7)6(8)9/h5H,4,8H2,1-3H3,(H,9,10);4-5H,3,7H2,1-2H3,(H,8,9)/t2*5-/m00/s1. The first-order valence-electron chi connectivity index (χ1n) is 6.33. The normalized spacial score (nSPS) is 14.3. The van der Waals surface area contributed by atoms with E-state index >= 15 is 0 Å². The first-order chi connectivity index (χ1) is 8.36. The van der Waals surface area contributed by atoms with Crippen LogP contribution in [-0.4, -0.2) is 34.2 Å². The summed E-state index contributed by atoms with van der Waals surface area (Å²) in [4.78, 5) is 20.4. The van der Waals surface area contributed by atoms with Gasteiger partial charge in [-0.1, -0.05) is 34.6 Å². The molecule has 0 aliphatic rings. The first-order valence-corrected chi connectivity index (χ1v) is 6.33. The van der Waals surface area contributed by atoms with Gasteiger partial charge in [-0.15, -0.1) is 0 Å². The molecular weight excluding hydrogens is 248 g/mol. The predicted octanol–water partition coefficient (Wildman–Crippen LogP) is 1.28. The molecule has 6 nitrogen and oxygen atoms in total. The van der Waals surface area contributed by atoms with Crippen molar-refractivity contribution in [2.45, 2.75) is 59.5 Å². The van der Waals surface area contributed by atoms with E-state index in [9.17, 15) is 9.59 Å². The van der Waals surface area contributed by atoms with Crippen LogP contribution >= 0.6 is 0 Å². The Kier molecular flexibility index (Phi) is 9.43. The maximum absolute atomic E-state index is 10.3. The highest BCUT2D eigenvalue weighted by Gasteiger charge is 2.20. The average Bonchev–Trinajstić information content (AvgIpc) is 2.14. The van der Waals surface area contributed by atoms with Crippen LogP contribution < -0.4 is 11.5 Å². The second-order valence-electron chi connectivity index (χ2n) is 6.28. The van der Waals surface area contributed by atoms with Gasteiger partial charge in [0, 0.05) is 0 Å². The van der Waals surface area contributed by atoms with Gasteiger partial charge in [0.25, 0.3) is 0 Å². The molecule has 6 N–H and O–H groups in total. The molecule has 0 unspecified atom stereocenters. The van der Waals surface area contributed by atoms with Crippen molar-refractivity contribution in [2.24, 2.45) is 22.8 Å². The molecule has 0 radical (unpaired) electrons. The van der Waals surface area contributed by atoms with Gasteiger partial charge in [0.1, 0.15) is 12.1 Å². The predicted molar refractivity (Wildman–Crippen MR) is 74.7 cm³/mol. The van der Waals surface area contributed by atoms with E-state index in [0.29, 0.717) is 18.8 Å². The lowest BCUT2D eigenvalue weighted by atomic mass is 9.88. The largest absolute Gasteiger partial charge is 0.480 e. The van der Waals surface area contributed by atoms with E-state index in [1.165, 1.54) is 0 Å². The zero-order valence-corrected chi connectivity index (χ0v) is 12.5. The number of aliphatic carboxylic acids is 2. The van der Waals surface area contributed by atoms with Crippen LogP contribution in [0.3, 0.4) is 0 Å². The minimum absolute atomic E-state index is 0.00218. The number of hydrogen-bond donors (Lipinski definition) is 4. The quantitative estimate of drug-likeness (QED) is 0.599. The molecule has 0 aromatic carbocycles. The van der Waals surface area contributed by atoms with E-state index < -0.39 is 24.0 Å². The van der Waals surface area contributed by atoms with Crippen molar-refractivity contribution < 1.29 is 19.8 Å². The summed E-state index contributed by atoms with van der Waals surface area (Å²) in [6.07, 6.45) is 1.07. The van der Waals surface area contributed by atoms with Crippen molar-refractivity contribution in [1.82, 2.24) is 0 Å². The molecule has 0 aromatic heterocycles. The smallest absolute Gasteiger partial charge is 0.320 e. The first kappa shape index (κ1) is 20.2. The number of rotatable bonds is 5. The van der Waals surface area contributed by atoms with Crippen molar-refractivity contribution in [2.75, 3.05) is 0 Å². The third kappa shape index (κ3) is 14.8. The summed E-state index contributed by atoms with van der Waals surface area (Å²) in [5, 5.41) is 16.7. The van der Waals surface area contributed by atoms with Gasteiger partial charge >= 0.3 is 11.9 Å². The van der Waals surface area contributed by atoms with Crippen LogP contribution in [-0.2, 0) is 9.59 Å². The molecule has 0 heterocycles. The molecule has 0 amide bonds. The lowest BCUT2D eigenvalue weighted by molar-refractivity contribution is -0.140. The van der Waals surface area contributed by atoms with Gasteiger partial charge in [0.2, 0.25) is 0 Å². The van der Waals surface area contributed by atoms with E-state index in [1.807, 2.05) is 34.6 Å². The van der Waals surface area contributed by atoms with E-state index in [-0.39, 0.29) is 5.41 Å². The highest BCUT2D eigenvalue weighted by Crippen LogP contribution is 2.19. The molecule has 0 aromatic rings. The number of carboxylic acid groups (broad SMARTS) is 2. The number of carboxylic acids is 2. The lowest BCUT2D eigenvalue weighted by Gasteiger charge is -2.20. The highest BCUT2D eigenvalue weighted by molar-refractivity contribution is 5.73. The molecule has 0 rings (SSSR count). The Hall–Kier alpha value is -1.14. The van der Waals surface area contributed by atoms with Gasteiger partial charge in [-0.3, -0.25) is 9.59 Å². The molecule has 2 atom stereocenters. The molecule has 0 fully saturated rings. The van der Waals surface area contributed by atoms with Crippen LogP contribution in [0, 0.1) is 11.3 Å². The third-order valence-corrected chi connectivity index (χ3v) is 2.19. The van der Waals surface area contributed by atoms with Crippen LogP contribution in [0.25, 0.3) is 0 Å². The maximum atomic E-state index is 10.3. The number of hydrogen-bond acceptors (Lipinski definition) is 4. The lowest BCUT2D eigenvalue weighted by Crippen LogP contribution is -2.34. The molecule has 0 spiro atoms. The van der Waals surface area contributed by atoms with E-state index in [1.54, 1.807) is 0 Å². The van der Waals surface area contributed by atoms with Crippen LogP contribution in [0.2, 0.25) is 0 Å². The molecule has 19 heavy (non-hydrogen) atoms.